The lowest BCUT2D eigenvalue weighted by molar-refractivity contribution is -0.139. The van der Waals surface area contributed by atoms with Crippen molar-refractivity contribution < 1.29 is 29.0 Å². The number of morpholine rings is 1. The first kappa shape index (κ1) is 28.2. The van der Waals surface area contributed by atoms with Gasteiger partial charge in [-0.25, -0.2) is 0 Å². The summed E-state index contributed by atoms with van der Waals surface area (Å²) >= 11 is 1.65. The number of likely N-dealkylation sites (tertiary alicyclic amines) is 1. The molecule has 0 aromatic heterocycles. The number of aliphatic hydroxyl groups is 1. The van der Waals surface area contributed by atoms with Crippen molar-refractivity contribution in [1.29, 1.82) is 0 Å². The molecule has 5 atom stereocenters. The summed E-state index contributed by atoms with van der Waals surface area (Å²) in [5, 5.41) is 15.7. The minimum absolute atomic E-state index is 0.0701. The monoisotopic (exact) mass is 560 g/mol. The summed E-state index contributed by atoms with van der Waals surface area (Å²) in [6.45, 7) is 9.04. The van der Waals surface area contributed by atoms with Gasteiger partial charge in [-0.1, -0.05) is 0 Å². The molecule has 0 aliphatic carbocycles. The minimum Gasteiger partial charge on any atom is -0.494 e. The van der Waals surface area contributed by atoms with Crippen molar-refractivity contribution >= 4 is 35.2 Å². The molecule has 0 radical (unpaired) electrons. The van der Waals surface area contributed by atoms with E-state index in [1.807, 2.05) is 19.1 Å². The molecule has 4 aliphatic heterocycles. The lowest BCUT2D eigenvalue weighted by Gasteiger charge is -2.35. The van der Waals surface area contributed by atoms with Gasteiger partial charge in [0.05, 0.1) is 36.4 Å². The summed E-state index contributed by atoms with van der Waals surface area (Å²) in [6.07, 6.45) is 1.85. The summed E-state index contributed by atoms with van der Waals surface area (Å²) in [5.41, 5.74) is 0.647. The van der Waals surface area contributed by atoms with Crippen molar-refractivity contribution in [3.63, 3.8) is 0 Å². The van der Waals surface area contributed by atoms with Crippen LogP contribution >= 0.6 is 11.8 Å². The molecule has 4 saturated heterocycles. The second-order valence-electron chi connectivity index (χ2n) is 11.0. The molecule has 4 heterocycles. The fraction of sp³-hybridized carbons (Fsp3) is 0.679. The zero-order chi connectivity index (χ0) is 27.6. The molecule has 3 N–H and O–H groups in total. The molecule has 2 unspecified atom stereocenters. The lowest BCUT2D eigenvalue weighted by Crippen LogP contribution is -2.54. The predicted octanol–water partition coefficient (Wildman–Crippen LogP) is 1.34. The number of benzene rings is 1. The van der Waals surface area contributed by atoms with Crippen LogP contribution in [-0.2, 0) is 19.1 Å². The van der Waals surface area contributed by atoms with E-state index in [0.29, 0.717) is 51.4 Å². The Hall–Kier alpha value is -2.34. The number of hydrogen-bond acceptors (Lipinski definition) is 8. The Morgan fingerprint density at radius 2 is 1.90 bits per heavy atom. The van der Waals surface area contributed by atoms with Gasteiger partial charge in [-0.3, -0.25) is 19.3 Å². The first-order valence-corrected chi connectivity index (χ1v) is 14.9. The maximum absolute atomic E-state index is 14.0. The van der Waals surface area contributed by atoms with Crippen LogP contribution in [0.5, 0.6) is 5.75 Å². The molecule has 3 amide bonds. The van der Waals surface area contributed by atoms with Crippen molar-refractivity contribution in [2.24, 2.45) is 11.8 Å². The number of anilines is 1. The number of carbonyl (C=O) groups is 3. The number of hydrogen-bond donors (Lipinski definition) is 3. The van der Waals surface area contributed by atoms with E-state index < -0.39 is 27.4 Å². The SMILES string of the molecule is CCOc1ccc(NC(=O)[C@@H]2[C@H]3C(=O)N(CCCO)C(C(=O)NCCN4CCOCC4)C34CC[C@@]2(C)S4)cc1. The molecule has 11 heteroatoms. The summed E-state index contributed by atoms with van der Waals surface area (Å²) < 4.78 is 9.81. The van der Waals surface area contributed by atoms with Gasteiger partial charge in [-0.2, -0.15) is 0 Å². The van der Waals surface area contributed by atoms with E-state index in [4.69, 9.17) is 9.47 Å². The predicted molar refractivity (Wildman–Crippen MR) is 149 cm³/mol. The van der Waals surface area contributed by atoms with Gasteiger partial charge in [-0.05, 0) is 57.4 Å². The van der Waals surface area contributed by atoms with Gasteiger partial charge in [-0.15, -0.1) is 11.8 Å². The Morgan fingerprint density at radius 1 is 1.15 bits per heavy atom. The first-order chi connectivity index (χ1) is 18.8. The van der Waals surface area contributed by atoms with Crippen LogP contribution in [0.15, 0.2) is 24.3 Å². The minimum atomic E-state index is -0.665. The van der Waals surface area contributed by atoms with Gasteiger partial charge >= 0.3 is 0 Å². The van der Waals surface area contributed by atoms with Gasteiger partial charge in [0.15, 0.2) is 0 Å². The van der Waals surface area contributed by atoms with Gasteiger partial charge in [0.25, 0.3) is 0 Å². The molecule has 39 heavy (non-hydrogen) atoms. The number of nitrogens with one attached hydrogen (secondary N) is 2. The highest BCUT2D eigenvalue weighted by Crippen LogP contribution is 2.71. The largest absolute Gasteiger partial charge is 0.494 e. The van der Waals surface area contributed by atoms with Crippen LogP contribution in [0.2, 0.25) is 0 Å². The highest BCUT2D eigenvalue weighted by atomic mass is 32.2. The van der Waals surface area contributed by atoms with E-state index in [0.717, 1.165) is 31.8 Å². The molecule has 2 bridgehead atoms. The quantitative estimate of drug-likeness (QED) is 0.371. The van der Waals surface area contributed by atoms with Crippen LogP contribution in [0.4, 0.5) is 5.69 Å². The molecule has 1 aromatic carbocycles. The third-order valence-electron chi connectivity index (χ3n) is 8.63. The topological polar surface area (TPSA) is 120 Å². The van der Waals surface area contributed by atoms with Gasteiger partial charge in [0.1, 0.15) is 11.8 Å². The molecule has 0 saturated carbocycles. The second kappa shape index (κ2) is 11.6. The fourth-order valence-electron chi connectivity index (χ4n) is 6.89. The molecule has 4 fully saturated rings. The molecular weight excluding hydrogens is 520 g/mol. The van der Waals surface area contributed by atoms with Crippen molar-refractivity contribution in [3.8, 4) is 5.75 Å². The molecule has 1 aromatic rings. The number of carbonyl (C=O) groups excluding carboxylic acids is 3. The third-order valence-corrected chi connectivity index (χ3v) is 10.6. The third kappa shape index (κ3) is 5.26. The average molecular weight is 561 g/mol. The van der Waals surface area contributed by atoms with Crippen molar-refractivity contribution in [1.82, 2.24) is 15.1 Å². The molecule has 10 nitrogen and oxygen atoms in total. The maximum Gasteiger partial charge on any atom is 0.244 e. The lowest BCUT2D eigenvalue weighted by atomic mass is 9.66. The summed E-state index contributed by atoms with van der Waals surface area (Å²) in [4.78, 5) is 45.4. The van der Waals surface area contributed by atoms with Crippen LogP contribution in [0.1, 0.15) is 33.1 Å². The Balaban J connectivity index is 1.35. The van der Waals surface area contributed by atoms with Gasteiger partial charge in [0, 0.05) is 49.8 Å². The maximum atomic E-state index is 14.0. The molecule has 5 rings (SSSR count). The van der Waals surface area contributed by atoms with E-state index >= 15 is 0 Å². The van der Waals surface area contributed by atoms with Crippen molar-refractivity contribution in [2.75, 3.05) is 64.5 Å². The number of fused-ring (bicyclic) bond motifs is 1. The summed E-state index contributed by atoms with van der Waals surface area (Å²) in [7, 11) is 0. The van der Waals surface area contributed by atoms with Crippen LogP contribution in [0.25, 0.3) is 0 Å². The van der Waals surface area contributed by atoms with Crippen molar-refractivity contribution in [2.45, 2.75) is 48.6 Å². The Bertz CT molecular complexity index is 1070. The van der Waals surface area contributed by atoms with Gasteiger partial charge < -0.3 is 30.1 Å². The normalized spacial score (nSPS) is 31.8. The zero-order valence-corrected chi connectivity index (χ0v) is 23.6. The van der Waals surface area contributed by atoms with E-state index in [-0.39, 0.29) is 24.3 Å². The summed E-state index contributed by atoms with van der Waals surface area (Å²) in [5.74, 6) is -0.925. The Labute approximate surface area is 234 Å². The number of aliphatic hydroxyl groups excluding tert-OH is 1. The van der Waals surface area contributed by atoms with E-state index in [1.165, 1.54) is 0 Å². The zero-order valence-electron chi connectivity index (χ0n) is 22.8. The number of amides is 3. The molecule has 4 aliphatic rings. The summed E-state index contributed by atoms with van der Waals surface area (Å²) in [6, 6.07) is 6.56. The van der Waals surface area contributed by atoms with Crippen LogP contribution < -0.4 is 15.4 Å². The Morgan fingerprint density at radius 3 is 2.59 bits per heavy atom. The molecule has 214 valence electrons. The second-order valence-corrected chi connectivity index (χ2v) is 12.9. The number of rotatable bonds is 11. The number of nitrogens with zero attached hydrogens (tertiary/aromatic N) is 2. The molecular formula is C28H40N4O6S. The highest BCUT2D eigenvalue weighted by Gasteiger charge is 2.77. The van der Waals surface area contributed by atoms with E-state index in [9.17, 15) is 19.5 Å². The van der Waals surface area contributed by atoms with Crippen LogP contribution in [0.3, 0.4) is 0 Å². The van der Waals surface area contributed by atoms with Crippen LogP contribution in [0, 0.1) is 11.8 Å². The highest BCUT2D eigenvalue weighted by molar-refractivity contribution is 8.02. The van der Waals surface area contributed by atoms with Crippen LogP contribution in [-0.4, -0.2) is 107 Å². The first-order valence-electron chi connectivity index (χ1n) is 14.1. The van der Waals surface area contributed by atoms with Gasteiger partial charge in [0.2, 0.25) is 17.7 Å². The fourth-order valence-corrected chi connectivity index (χ4v) is 9.24. The number of thioether (sulfide) groups is 1. The molecule has 1 spiro atoms. The average Bonchev–Trinajstić information content (AvgIpc) is 3.49. The number of ether oxygens (including phenoxy) is 2. The standard InChI is InChI=1S/C28H40N4O6S/c1-3-38-20-7-5-19(6-8-20)30-24(34)21-22-26(36)32(12-4-16-33)23(28(22)10-9-27(21,2)39-28)25(35)29-11-13-31-14-17-37-18-15-31/h5-8,21-23,33H,3-4,9-18H2,1-2H3,(H,29,35)(H,30,34)/t21-,22-,23?,27+,28?/m0/s1. The van der Waals surface area contributed by atoms with E-state index in [1.54, 1.807) is 28.8 Å². The smallest absolute Gasteiger partial charge is 0.244 e. The Kier molecular flexibility index (Phi) is 8.42. The van der Waals surface area contributed by atoms with Crippen molar-refractivity contribution in [3.05, 3.63) is 24.3 Å². The van der Waals surface area contributed by atoms with E-state index in [2.05, 4.69) is 22.5 Å².